The van der Waals surface area contributed by atoms with E-state index in [-0.39, 0.29) is 5.70 Å². The Morgan fingerprint density at radius 3 is 2.67 bits per heavy atom. The van der Waals surface area contributed by atoms with E-state index in [9.17, 15) is 9.90 Å². The van der Waals surface area contributed by atoms with Gasteiger partial charge in [-0.05, 0) is 6.08 Å². The Balaban J connectivity index is 2.84. The Kier molecular flexibility index (Phi) is 1.44. The van der Waals surface area contributed by atoms with Gasteiger partial charge in [0.25, 0.3) is 5.70 Å². The topological polar surface area (TPSA) is 54.2 Å². The number of hydrogen-bond donors (Lipinski definition) is 0. The summed E-state index contributed by atoms with van der Waals surface area (Å²) in [6.07, 6.45) is 6.03. The largest absolute Gasteiger partial charge is 0.539 e. The molecule has 0 atom stereocenters. The molecule has 9 heavy (non-hydrogen) atoms. The molecule has 0 saturated carbocycles. The fourth-order valence-electron chi connectivity index (χ4n) is 0.484. The molecule has 3 heteroatoms. The van der Waals surface area contributed by atoms with Crippen molar-refractivity contribution in [1.29, 1.82) is 0 Å². The second-order valence-electron chi connectivity index (χ2n) is 1.50. The van der Waals surface area contributed by atoms with Gasteiger partial charge in [-0.2, -0.15) is 0 Å². The standard InChI is InChI=1S/C6H5NO2/c8-6(9)5-3-1-2-4-7-5/h1-4H,(H,8,9)/q+1/p-1. The summed E-state index contributed by atoms with van der Waals surface area (Å²) in [6.45, 7) is 0. The maximum atomic E-state index is 10.0. The van der Waals surface area contributed by atoms with Crippen molar-refractivity contribution in [2.45, 2.75) is 0 Å². The second-order valence-corrected chi connectivity index (χ2v) is 1.50. The number of nitrogens with zero attached hydrogens (tertiary/aromatic N) is 1. The van der Waals surface area contributed by atoms with Crippen LogP contribution in [0.25, 0.3) is 0 Å². The van der Waals surface area contributed by atoms with Gasteiger partial charge >= 0.3 is 0 Å². The molecule has 1 aliphatic rings. The molecule has 0 aromatic heterocycles. The summed E-state index contributed by atoms with van der Waals surface area (Å²) in [5, 5.41) is 10.0. The number of rotatable bonds is 1. The lowest BCUT2D eigenvalue weighted by atomic mass is 10.3. The van der Waals surface area contributed by atoms with Gasteiger partial charge in [0.05, 0.1) is 4.99 Å². The fraction of sp³-hybridized carbons (Fsp3) is 0. The van der Waals surface area contributed by atoms with Crippen LogP contribution in [0.15, 0.2) is 23.9 Å². The monoisotopic (exact) mass is 122 g/mol. The summed E-state index contributed by atoms with van der Waals surface area (Å²) >= 11 is 0. The predicted molar refractivity (Wildman–Crippen MR) is 30.4 cm³/mol. The van der Waals surface area contributed by atoms with Gasteiger partial charge in [-0.3, -0.25) is 0 Å². The molecular weight excluding hydrogens is 118 g/mol. The van der Waals surface area contributed by atoms with Crippen LogP contribution in [0.4, 0.5) is 0 Å². The third-order valence-corrected chi connectivity index (χ3v) is 0.874. The Morgan fingerprint density at radius 1 is 1.56 bits per heavy atom. The van der Waals surface area contributed by atoms with Gasteiger partial charge < -0.3 is 9.90 Å². The first kappa shape index (κ1) is 5.75. The van der Waals surface area contributed by atoms with Gasteiger partial charge in [0.1, 0.15) is 5.97 Å². The first-order valence-corrected chi connectivity index (χ1v) is 2.43. The molecule has 0 amide bonds. The van der Waals surface area contributed by atoms with Crippen LogP contribution in [0.5, 0.6) is 0 Å². The number of carboxylic acid groups (broad SMARTS) is 1. The molecule has 3 nitrogen and oxygen atoms in total. The molecule has 0 unspecified atom stereocenters. The lowest BCUT2D eigenvalue weighted by Crippen LogP contribution is -2.27. The van der Waals surface area contributed by atoms with E-state index in [1.165, 1.54) is 12.3 Å². The van der Waals surface area contributed by atoms with Crippen LogP contribution in [0.2, 0.25) is 0 Å². The van der Waals surface area contributed by atoms with E-state index in [0.717, 1.165) is 0 Å². The van der Waals surface area contributed by atoms with Crippen molar-refractivity contribution in [3.05, 3.63) is 23.9 Å². The average Bonchev–Trinajstić information content (AvgIpc) is 1.90. The molecule has 0 aromatic carbocycles. The van der Waals surface area contributed by atoms with Gasteiger partial charge in [-0.1, -0.05) is 0 Å². The number of aliphatic imine (C=N–C) groups is 1. The molecule has 1 rings (SSSR count). The average molecular weight is 122 g/mol. The highest BCUT2D eigenvalue weighted by molar-refractivity contribution is 5.88. The van der Waals surface area contributed by atoms with Crippen molar-refractivity contribution < 1.29 is 9.90 Å². The first-order valence-electron chi connectivity index (χ1n) is 2.43. The van der Waals surface area contributed by atoms with Gasteiger partial charge in [-0.25, -0.2) is 0 Å². The number of carbonyl (C=O) groups is 1. The van der Waals surface area contributed by atoms with Crippen molar-refractivity contribution >= 4 is 12.2 Å². The number of carboxylic acids is 1. The zero-order valence-corrected chi connectivity index (χ0v) is 4.57. The summed E-state index contributed by atoms with van der Waals surface area (Å²) < 4.78 is 0. The van der Waals surface area contributed by atoms with Crippen LogP contribution in [-0.4, -0.2) is 12.2 Å². The summed E-state index contributed by atoms with van der Waals surface area (Å²) in [5.74, 6) is -1.24. The summed E-state index contributed by atoms with van der Waals surface area (Å²) in [5.41, 5.74) is -0.0301. The second kappa shape index (κ2) is 2.26. The molecule has 45 valence electrons. The Hall–Kier alpha value is -1.38. The molecule has 0 N–H and O–H groups in total. The number of carbonyl (C=O) groups excluding carboxylic acids is 1. The molecule has 0 aliphatic carbocycles. The van der Waals surface area contributed by atoms with E-state index < -0.39 is 5.97 Å². The van der Waals surface area contributed by atoms with Gasteiger partial charge in [0.2, 0.25) is 6.21 Å². The van der Waals surface area contributed by atoms with Crippen LogP contribution < -0.4 is 10.1 Å². The summed E-state index contributed by atoms with van der Waals surface area (Å²) in [7, 11) is 0. The number of hydrogen-bond acceptors (Lipinski definition) is 3. The van der Waals surface area contributed by atoms with E-state index >= 15 is 0 Å². The lowest BCUT2D eigenvalue weighted by Gasteiger charge is -1.89. The van der Waals surface area contributed by atoms with E-state index in [4.69, 9.17) is 0 Å². The number of allylic oxidation sites excluding steroid dienone is 3. The Morgan fingerprint density at radius 2 is 2.33 bits per heavy atom. The SMILES string of the molecule is O=C([O-])C1=CC=CC=[N+]1. The molecule has 0 fully saturated rings. The normalized spacial score (nSPS) is 15.3. The molecule has 0 bridgehead atoms. The fourth-order valence-corrected chi connectivity index (χ4v) is 0.484. The van der Waals surface area contributed by atoms with E-state index in [1.807, 2.05) is 0 Å². The zero-order valence-electron chi connectivity index (χ0n) is 4.57. The van der Waals surface area contributed by atoms with Crippen molar-refractivity contribution in [2.24, 2.45) is 0 Å². The maximum Gasteiger partial charge on any atom is 0.299 e. The van der Waals surface area contributed by atoms with Gasteiger partial charge in [0, 0.05) is 12.2 Å². The van der Waals surface area contributed by atoms with Crippen molar-refractivity contribution in [3.63, 3.8) is 0 Å². The minimum absolute atomic E-state index is 0.0301. The Bertz CT molecular complexity index is 213. The molecule has 0 spiro atoms. The van der Waals surface area contributed by atoms with Crippen LogP contribution in [0.3, 0.4) is 0 Å². The molecule has 0 saturated heterocycles. The van der Waals surface area contributed by atoms with Crippen LogP contribution in [-0.2, 0) is 4.79 Å². The van der Waals surface area contributed by atoms with E-state index in [2.05, 4.69) is 4.99 Å². The highest BCUT2D eigenvalue weighted by atomic mass is 16.4. The van der Waals surface area contributed by atoms with Crippen molar-refractivity contribution in [3.8, 4) is 0 Å². The van der Waals surface area contributed by atoms with E-state index in [1.54, 1.807) is 12.2 Å². The lowest BCUT2D eigenvalue weighted by molar-refractivity contribution is -0.299. The van der Waals surface area contributed by atoms with Crippen molar-refractivity contribution in [2.75, 3.05) is 0 Å². The minimum atomic E-state index is -1.24. The van der Waals surface area contributed by atoms with Gasteiger partial charge in [0.15, 0.2) is 0 Å². The molecule has 1 radical (unpaired) electrons. The van der Waals surface area contributed by atoms with Gasteiger partial charge in [-0.15, -0.1) is 0 Å². The smallest absolute Gasteiger partial charge is 0.299 e. The molecule has 0 aromatic rings. The molecule has 1 aliphatic heterocycles. The quantitative estimate of drug-likeness (QED) is 0.429. The van der Waals surface area contributed by atoms with E-state index in [0.29, 0.717) is 0 Å². The molecular formula is C6H4NO2. The highest BCUT2D eigenvalue weighted by Crippen LogP contribution is 1.89. The minimum Gasteiger partial charge on any atom is -0.539 e. The summed E-state index contributed by atoms with van der Waals surface area (Å²) in [6, 6.07) is 0. The summed E-state index contributed by atoms with van der Waals surface area (Å²) in [4.78, 5) is 13.5. The highest BCUT2D eigenvalue weighted by Gasteiger charge is 2.07. The number of aliphatic carboxylic acids is 1. The van der Waals surface area contributed by atoms with Crippen LogP contribution in [0.1, 0.15) is 0 Å². The first-order chi connectivity index (χ1) is 4.30. The van der Waals surface area contributed by atoms with Crippen LogP contribution >= 0.6 is 0 Å². The third-order valence-electron chi connectivity index (χ3n) is 0.874. The molecule has 1 heterocycles. The maximum absolute atomic E-state index is 10.0. The predicted octanol–water partition coefficient (Wildman–Crippen LogP) is -1.40. The Labute approximate surface area is 52.0 Å². The third kappa shape index (κ3) is 1.25. The zero-order chi connectivity index (χ0) is 6.69. The van der Waals surface area contributed by atoms with Crippen LogP contribution in [0, 0.1) is 0 Å². The van der Waals surface area contributed by atoms with Crippen molar-refractivity contribution in [1.82, 2.24) is 4.99 Å².